The van der Waals surface area contributed by atoms with E-state index in [0.717, 1.165) is 25.7 Å². The molecule has 1 rings (SSSR count). The van der Waals surface area contributed by atoms with Gasteiger partial charge in [-0.3, -0.25) is 10.4 Å². The van der Waals surface area contributed by atoms with Gasteiger partial charge in [-0.25, -0.2) is 5.84 Å². The molecular weight excluding hydrogens is 190 g/mol. The average molecular weight is 211 g/mol. The molecule has 1 aliphatic carbocycles. The van der Waals surface area contributed by atoms with Gasteiger partial charge in [0.15, 0.2) is 0 Å². The number of hydrogen-bond donors (Lipinski definition) is 4. The van der Waals surface area contributed by atoms with Gasteiger partial charge in [0.1, 0.15) is 0 Å². The number of hydrazine groups is 1. The molecule has 1 aliphatic rings. The molecule has 6 N–H and O–H groups in total. The predicted octanol–water partition coefficient (Wildman–Crippen LogP) is 0.142. The molecule has 0 aliphatic heterocycles. The molecule has 0 unspecified atom stereocenters. The van der Waals surface area contributed by atoms with Gasteiger partial charge >= 0.3 is 0 Å². The van der Waals surface area contributed by atoms with Crippen LogP contribution >= 0.6 is 0 Å². The second kappa shape index (κ2) is 5.72. The molecule has 0 heterocycles. The van der Waals surface area contributed by atoms with E-state index < -0.39 is 0 Å². The SMILES string of the molecule is C=CCN(N)C(=N)N[C@H]1CC[C@H](N)CC1. The van der Waals surface area contributed by atoms with Gasteiger partial charge in [0.25, 0.3) is 0 Å². The number of nitrogens with one attached hydrogen (secondary N) is 2. The van der Waals surface area contributed by atoms with Gasteiger partial charge in [-0.1, -0.05) is 6.08 Å². The van der Waals surface area contributed by atoms with Gasteiger partial charge in [0.2, 0.25) is 5.96 Å². The van der Waals surface area contributed by atoms with E-state index in [0.29, 0.717) is 18.6 Å². The van der Waals surface area contributed by atoms with E-state index in [-0.39, 0.29) is 5.96 Å². The highest BCUT2D eigenvalue weighted by molar-refractivity contribution is 5.76. The second-order valence-corrected chi connectivity index (χ2v) is 4.05. The molecule has 1 fully saturated rings. The fourth-order valence-electron chi connectivity index (χ4n) is 1.77. The van der Waals surface area contributed by atoms with Crippen LogP contribution in [0.4, 0.5) is 0 Å². The minimum Gasteiger partial charge on any atom is -0.353 e. The molecular formula is C10H21N5. The van der Waals surface area contributed by atoms with E-state index in [2.05, 4.69) is 11.9 Å². The topological polar surface area (TPSA) is 91.2 Å². The van der Waals surface area contributed by atoms with Gasteiger partial charge in [0, 0.05) is 12.1 Å². The standard InChI is InChI=1S/C10H21N5/c1-2-7-15(13)10(12)14-9-5-3-8(11)4-6-9/h2,8-9H,1,3-7,11,13H2,(H2,12,14)/t8-,9-. The van der Waals surface area contributed by atoms with Crippen LogP contribution < -0.4 is 16.9 Å². The third kappa shape index (κ3) is 3.89. The zero-order chi connectivity index (χ0) is 11.3. The van der Waals surface area contributed by atoms with Gasteiger partial charge in [0.05, 0.1) is 6.54 Å². The van der Waals surface area contributed by atoms with Crippen LogP contribution in [0.3, 0.4) is 0 Å². The quantitative estimate of drug-likeness (QED) is 0.176. The van der Waals surface area contributed by atoms with Crippen LogP contribution in [0.15, 0.2) is 12.7 Å². The smallest absolute Gasteiger partial charge is 0.206 e. The van der Waals surface area contributed by atoms with Crippen molar-refractivity contribution in [2.45, 2.75) is 37.8 Å². The van der Waals surface area contributed by atoms with Crippen molar-refractivity contribution in [1.82, 2.24) is 10.3 Å². The first-order valence-electron chi connectivity index (χ1n) is 5.37. The lowest BCUT2D eigenvalue weighted by Crippen LogP contribution is -2.50. The summed E-state index contributed by atoms with van der Waals surface area (Å²) < 4.78 is 0. The van der Waals surface area contributed by atoms with Crippen LogP contribution in [0.2, 0.25) is 0 Å². The molecule has 0 aromatic carbocycles. The van der Waals surface area contributed by atoms with Crippen LogP contribution in [-0.2, 0) is 0 Å². The Kier molecular flexibility index (Phi) is 4.58. The lowest BCUT2D eigenvalue weighted by atomic mass is 9.92. The molecule has 86 valence electrons. The van der Waals surface area contributed by atoms with Crippen molar-refractivity contribution in [3.05, 3.63) is 12.7 Å². The second-order valence-electron chi connectivity index (χ2n) is 4.05. The Morgan fingerprint density at radius 2 is 2.07 bits per heavy atom. The van der Waals surface area contributed by atoms with Gasteiger partial charge in [-0.2, -0.15) is 0 Å². The van der Waals surface area contributed by atoms with Crippen LogP contribution in [0.1, 0.15) is 25.7 Å². The zero-order valence-electron chi connectivity index (χ0n) is 9.08. The predicted molar refractivity (Wildman–Crippen MR) is 62.2 cm³/mol. The van der Waals surface area contributed by atoms with Crippen molar-refractivity contribution in [3.63, 3.8) is 0 Å². The van der Waals surface area contributed by atoms with Gasteiger partial charge < -0.3 is 11.1 Å². The Hall–Kier alpha value is -1.07. The lowest BCUT2D eigenvalue weighted by molar-refractivity contribution is 0.355. The summed E-state index contributed by atoms with van der Waals surface area (Å²) in [4.78, 5) is 0. The fourth-order valence-corrected chi connectivity index (χ4v) is 1.77. The molecule has 0 aromatic rings. The summed E-state index contributed by atoms with van der Waals surface area (Å²) in [6, 6.07) is 0.674. The Morgan fingerprint density at radius 3 is 2.60 bits per heavy atom. The maximum atomic E-state index is 7.70. The van der Waals surface area contributed by atoms with Gasteiger partial charge in [-0.05, 0) is 25.7 Å². The Labute approximate surface area is 91.0 Å². The maximum absolute atomic E-state index is 7.70. The highest BCUT2D eigenvalue weighted by Gasteiger charge is 2.19. The van der Waals surface area contributed by atoms with Crippen molar-refractivity contribution >= 4 is 5.96 Å². The molecule has 0 amide bonds. The van der Waals surface area contributed by atoms with Crippen LogP contribution in [0.25, 0.3) is 0 Å². The first-order chi connectivity index (χ1) is 7.13. The lowest BCUT2D eigenvalue weighted by Gasteiger charge is -2.29. The van der Waals surface area contributed by atoms with E-state index in [4.69, 9.17) is 17.0 Å². The molecule has 0 radical (unpaired) electrons. The first-order valence-corrected chi connectivity index (χ1v) is 5.37. The number of nitrogens with two attached hydrogens (primary N) is 2. The monoisotopic (exact) mass is 211 g/mol. The molecule has 5 heteroatoms. The van der Waals surface area contributed by atoms with Crippen molar-refractivity contribution in [2.24, 2.45) is 11.6 Å². The fraction of sp³-hybridized carbons (Fsp3) is 0.700. The highest BCUT2D eigenvalue weighted by atomic mass is 15.5. The Morgan fingerprint density at radius 1 is 1.47 bits per heavy atom. The van der Waals surface area contributed by atoms with Crippen molar-refractivity contribution in [1.29, 1.82) is 5.41 Å². The van der Waals surface area contributed by atoms with E-state index in [1.54, 1.807) is 6.08 Å². The Balaban J connectivity index is 2.28. The molecule has 1 saturated carbocycles. The summed E-state index contributed by atoms with van der Waals surface area (Å²) in [5.74, 6) is 5.88. The average Bonchev–Trinajstić information content (AvgIpc) is 2.22. The Bertz CT molecular complexity index is 220. The third-order valence-corrected chi connectivity index (χ3v) is 2.73. The van der Waals surface area contributed by atoms with E-state index >= 15 is 0 Å². The van der Waals surface area contributed by atoms with Gasteiger partial charge in [-0.15, -0.1) is 6.58 Å². The third-order valence-electron chi connectivity index (χ3n) is 2.73. The molecule has 0 saturated heterocycles. The highest BCUT2D eigenvalue weighted by Crippen LogP contribution is 2.16. The minimum atomic E-state index is 0.260. The molecule has 5 nitrogen and oxygen atoms in total. The number of nitrogens with zero attached hydrogens (tertiary/aromatic N) is 1. The number of hydrogen-bond acceptors (Lipinski definition) is 3. The van der Waals surface area contributed by atoms with Crippen molar-refractivity contribution in [2.75, 3.05) is 6.54 Å². The van der Waals surface area contributed by atoms with E-state index in [9.17, 15) is 0 Å². The first kappa shape index (κ1) is 12.0. The minimum absolute atomic E-state index is 0.260. The number of rotatable bonds is 3. The zero-order valence-corrected chi connectivity index (χ0v) is 9.08. The van der Waals surface area contributed by atoms with E-state index in [1.807, 2.05) is 0 Å². The van der Waals surface area contributed by atoms with Crippen LogP contribution in [-0.4, -0.2) is 29.6 Å². The summed E-state index contributed by atoms with van der Waals surface area (Å²) in [6.45, 7) is 4.06. The van der Waals surface area contributed by atoms with Crippen LogP contribution in [0, 0.1) is 5.41 Å². The van der Waals surface area contributed by atoms with Crippen LogP contribution in [0.5, 0.6) is 0 Å². The summed E-state index contributed by atoms with van der Waals surface area (Å²) in [7, 11) is 0. The largest absolute Gasteiger partial charge is 0.353 e. The molecule has 0 spiro atoms. The molecule has 15 heavy (non-hydrogen) atoms. The van der Waals surface area contributed by atoms with Crippen molar-refractivity contribution < 1.29 is 0 Å². The number of guanidine groups is 1. The molecule has 0 bridgehead atoms. The summed E-state index contributed by atoms with van der Waals surface area (Å²) >= 11 is 0. The summed E-state index contributed by atoms with van der Waals surface area (Å²) in [5.41, 5.74) is 5.81. The van der Waals surface area contributed by atoms with Crippen molar-refractivity contribution in [3.8, 4) is 0 Å². The summed E-state index contributed by atoms with van der Waals surface area (Å²) in [5, 5.41) is 12.1. The maximum Gasteiger partial charge on any atom is 0.206 e. The molecule has 0 aromatic heterocycles. The van der Waals surface area contributed by atoms with E-state index in [1.165, 1.54) is 5.01 Å². The summed E-state index contributed by atoms with van der Waals surface area (Å²) in [6.07, 6.45) is 5.76. The molecule has 0 atom stereocenters. The normalized spacial score (nSPS) is 25.7.